The van der Waals surface area contributed by atoms with Crippen LogP contribution in [0, 0.1) is 5.82 Å². The number of nitrogens with zero attached hydrogens (tertiary/aromatic N) is 2. The zero-order valence-corrected chi connectivity index (χ0v) is 17.9. The van der Waals surface area contributed by atoms with Gasteiger partial charge in [0.2, 0.25) is 11.8 Å². The lowest BCUT2D eigenvalue weighted by Gasteiger charge is -2.12. The number of imide groups is 1. The molecule has 0 radical (unpaired) electrons. The van der Waals surface area contributed by atoms with Gasteiger partial charge in [-0.1, -0.05) is 12.1 Å². The average molecular weight is 467 g/mol. The lowest BCUT2D eigenvalue weighted by Crippen LogP contribution is -2.33. The molecule has 0 bridgehead atoms. The summed E-state index contributed by atoms with van der Waals surface area (Å²) in [7, 11) is 0. The molecular formula is C22H18FN5O4S. The van der Waals surface area contributed by atoms with Gasteiger partial charge in [0.05, 0.1) is 6.54 Å². The van der Waals surface area contributed by atoms with Crippen molar-refractivity contribution >= 4 is 46.5 Å². The van der Waals surface area contributed by atoms with Crippen LogP contribution < -0.4 is 16.0 Å². The number of benzene rings is 2. The van der Waals surface area contributed by atoms with E-state index in [-0.39, 0.29) is 37.0 Å². The summed E-state index contributed by atoms with van der Waals surface area (Å²) in [5.74, 6) is -1.58. The summed E-state index contributed by atoms with van der Waals surface area (Å²) in [6.07, 6.45) is -0.0359. The summed E-state index contributed by atoms with van der Waals surface area (Å²) in [5.41, 5.74) is 1.47. The van der Waals surface area contributed by atoms with E-state index in [0.29, 0.717) is 21.9 Å². The van der Waals surface area contributed by atoms with Gasteiger partial charge in [0.25, 0.3) is 5.91 Å². The molecule has 2 heterocycles. The number of nitrogens with one attached hydrogen (secondary N) is 3. The first-order chi connectivity index (χ1) is 15.9. The van der Waals surface area contributed by atoms with Crippen LogP contribution in [-0.4, -0.2) is 46.7 Å². The van der Waals surface area contributed by atoms with Crippen LogP contribution in [0.3, 0.4) is 0 Å². The standard InChI is InChI=1S/C22H18FN5O4S/c23-16-4-2-1-3-15(16)21-27-17(12-33-21)20(31)26-14-7-5-13(6-8-14)25-18(29)9-10-28-19(30)11-24-22(28)32/h1-8,12H,9-11H2,(H,24,32)(H,25,29)(H,26,31). The molecule has 3 aromatic rings. The van der Waals surface area contributed by atoms with Crippen molar-refractivity contribution in [2.24, 2.45) is 0 Å². The zero-order chi connectivity index (χ0) is 23.4. The minimum atomic E-state index is -0.506. The van der Waals surface area contributed by atoms with Gasteiger partial charge >= 0.3 is 6.03 Å². The van der Waals surface area contributed by atoms with E-state index in [1.54, 1.807) is 47.8 Å². The quantitative estimate of drug-likeness (QED) is 0.461. The first-order valence-corrected chi connectivity index (χ1v) is 10.8. The molecular weight excluding hydrogens is 449 g/mol. The summed E-state index contributed by atoms with van der Waals surface area (Å²) in [6.45, 7) is -0.0634. The number of amides is 5. The Bertz CT molecular complexity index is 1210. The van der Waals surface area contributed by atoms with E-state index >= 15 is 0 Å². The molecule has 2 aromatic carbocycles. The van der Waals surface area contributed by atoms with Gasteiger partial charge in [-0.3, -0.25) is 19.3 Å². The lowest BCUT2D eigenvalue weighted by atomic mass is 10.2. The van der Waals surface area contributed by atoms with Crippen molar-refractivity contribution in [3.05, 3.63) is 65.4 Å². The van der Waals surface area contributed by atoms with Crippen LogP contribution in [0.4, 0.5) is 20.6 Å². The van der Waals surface area contributed by atoms with Crippen LogP contribution in [0.25, 0.3) is 10.6 Å². The minimum Gasteiger partial charge on any atom is -0.329 e. The number of halogens is 1. The molecule has 0 atom stereocenters. The predicted molar refractivity (Wildman–Crippen MR) is 120 cm³/mol. The molecule has 1 saturated heterocycles. The molecule has 0 spiro atoms. The monoisotopic (exact) mass is 467 g/mol. The fourth-order valence-corrected chi connectivity index (χ4v) is 3.91. The Labute approximate surface area is 191 Å². The first kappa shape index (κ1) is 22.1. The number of rotatable bonds is 7. The Kier molecular flexibility index (Phi) is 6.41. The van der Waals surface area contributed by atoms with E-state index in [1.807, 2.05) is 0 Å². The van der Waals surface area contributed by atoms with Crippen LogP contribution >= 0.6 is 11.3 Å². The molecule has 0 aliphatic carbocycles. The maximum absolute atomic E-state index is 13.9. The summed E-state index contributed by atoms with van der Waals surface area (Å²) in [5, 5.41) is 9.72. The molecule has 1 aliphatic rings. The number of thiazole rings is 1. The predicted octanol–water partition coefficient (Wildman–Crippen LogP) is 3.08. The highest BCUT2D eigenvalue weighted by molar-refractivity contribution is 7.13. The third-order valence-electron chi connectivity index (χ3n) is 4.77. The van der Waals surface area contributed by atoms with Gasteiger partial charge in [0.15, 0.2) is 0 Å². The van der Waals surface area contributed by atoms with Crippen molar-refractivity contribution in [2.75, 3.05) is 23.7 Å². The second-order valence-electron chi connectivity index (χ2n) is 7.05. The Morgan fingerprint density at radius 2 is 1.76 bits per heavy atom. The molecule has 3 N–H and O–H groups in total. The summed E-state index contributed by atoms with van der Waals surface area (Å²) in [6, 6.07) is 12.1. The van der Waals surface area contributed by atoms with E-state index in [9.17, 15) is 23.6 Å². The van der Waals surface area contributed by atoms with Crippen LogP contribution in [0.5, 0.6) is 0 Å². The van der Waals surface area contributed by atoms with Crippen molar-refractivity contribution in [1.82, 2.24) is 15.2 Å². The minimum absolute atomic E-state index is 0.00679. The molecule has 1 aliphatic heterocycles. The molecule has 9 nitrogen and oxygen atoms in total. The summed E-state index contributed by atoms with van der Waals surface area (Å²) in [4.78, 5) is 52.8. The normalized spacial score (nSPS) is 13.1. The van der Waals surface area contributed by atoms with Gasteiger partial charge in [-0.05, 0) is 36.4 Å². The number of anilines is 2. The first-order valence-electron chi connectivity index (χ1n) is 9.90. The zero-order valence-electron chi connectivity index (χ0n) is 17.1. The number of carbonyl (C=O) groups is 4. The largest absolute Gasteiger partial charge is 0.329 e. The van der Waals surface area contributed by atoms with Gasteiger partial charge in [-0.25, -0.2) is 14.2 Å². The number of urea groups is 1. The third-order valence-corrected chi connectivity index (χ3v) is 5.64. The third kappa shape index (κ3) is 5.21. The Balaban J connectivity index is 1.31. The highest BCUT2D eigenvalue weighted by Crippen LogP contribution is 2.26. The average Bonchev–Trinajstić information content (AvgIpc) is 3.41. The highest BCUT2D eigenvalue weighted by Gasteiger charge is 2.28. The van der Waals surface area contributed by atoms with Gasteiger partial charge in [0.1, 0.15) is 16.5 Å². The van der Waals surface area contributed by atoms with Gasteiger partial charge in [-0.15, -0.1) is 11.3 Å². The van der Waals surface area contributed by atoms with Crippen molar-refractivity contribution in [1.29, 1.82) is 0 Å². The van der Waals surface area contributed by atoms with Crippen molar-refractivity contribution in [2.45, 2.75) is 6.42 Å². The number of carbonyl (C=O) groups excluding carboxylic acids is 4. The molecule has 0 unspecified atom stereocenters. The molecule has 1 fully saturated rings. The fourth-order valence-electron chi connectivity index (χ4n) is 3.09. The Morgan fingerprint density at radius 3 is 2.42 bits per heavy atom. The molecule has 168 valence electrons. The van der Waals surface area contributed by atoms with Crippen LogP contribution in [0.1, 0.15) is 16.9 Å². The topological polar surface area (TPSA) is 121 Å². The van der Waals surface area contributed by atoms with Crippen LogP contribution in [0.15, 0.2) is 53.9 Å². The van der Waals surface area contributed by atoms with Crippen molar-refractivity contribution < 1.29 is 23.6 Å². The Morgan fingerprint density at radius 1 is 1.06 bits per heavy atom. The van der Waals surface area contributed by atoms with Gasteiger partial charge < -0.3 is 16.0 Å². The molecule has 11 heteroatoms. The van der Waals surface area contributed by atoms with Crippen molar-refractivity contribution in [3.8, 4) is 10.6 Å². The van der Waals surface area contributed by atoms with Crippen molar-refractivity contribution in [3.63, 3.8) is 0 Å². The lowest BCUT2D eigenvalue weighted by molar-refractivity contribution is -0.125. The summed E-state index contributed by atoms with van der Waals surface area (Å²) < 4.78 is 13.9. The maximum atomic E-state index is 13.9. The van der Waals surface area contributed by atoms with E-state index in [1.165, 1.54) is 17.4 Å². The van der Waals surface area contributed by atoms with Crippen LogP contribution in [0.2, 0.25) is 0 Å². The molecule has 33 heavy (non-hydrogen) atoms. The number of hydrogen-bond acceptors (Lipinski definition) is 6. The second-order valence-corrected chi connectivity index (χ2v) is 7.91. The fraction of sp³-hybridized carbons (Fsp3) is 0.136. The molecule has 5 amide bonds. The molecule has 4 rings (SSSR count). The van der Waals surface area contributed by atoms with Gasteiger partial charge in [0, 0.05) is 35.3 Å². The van der Waals surface area contributed by atoms with Crippen LogP contribution in [-0.2, 0) is 9.59 Å². The Hall–Kier alpha value is -4.12. The summed E-state index contributed by atoms with van der Waals surface area (Å²) >= 11 is 1.17. The number of hydrogen-bond donors (Lipinski definition) is 3. The number of aromatic nitrogens is 1. The van der Waals surface area contributed by atoms with E-state index in [2.05, 4.69) is 20.9 Å². The molecule has 0 saturated carbocycles. The van der Waals surface area contributed by atoms with E-state index < -0.39 is 17.8 Å². The SMILES string of the molecule is O=C(CCN1C(=O)CNC1=O)Nc1ccc(NC(=O)c2csc(-c3ccccc3F)n2)cc1. The highest BCUT2D eigenvalue weighted by atomic mass is 32.1. The second kappa shape index (κ2) is 9.57. The molecule has 1 aromatic heterocycles. The van der Waals surface area contributed by atoms with Gasteiger partial charge in [-0.2, -0.15) is 0 Å². The maximum Gasteiger partial charge on any atom is 0.324 e. The smallest absolute Gasteiger partial charge is 0.324 e. The van der Waals surface area contributed by atoms with E-state index in [0.717, 1.165) is 4.90 Å². The van der Waals surface area contributed by atoms with E-state index in [4.69, 9.17) is 0 Å².